The van der Waals surface area contributed by atoms with Crippen LogP contribution in [-0.2, 0) is 22.6 Å². The lowest BCUT2D eigenvalue weighted by atomic mass is 9.90. The van der Waals surface area contributed by atoms with Crippen molar-refractivity contribution in [2.24, 2.45) is 11.8 Å². The number of hydrogen-bond acceptors (Lipinski definition) is 4. The van der Waals surface area contributed by atoms with Crippen molar-refractivity contribution >= 4 is 17.6 Å². The summed E-state index contributed by atoms with van der Waals surface area (Å²) in [6.07, 6.45) is 9.76. The first-order valence-electron chi connectivity index (χ1n) is 10.5. The number of allylic oxidation sites excluding steroid dienone is 2. The molecule has 5 nitrogen and oxygen atoms in total. The van der Waals surface area contributed by atoms with Gasteiger partial charge in [0.05, 0.1) is 18.8 Å². The van der Waals surface area contributed by atoms with Gasteiger partial charge < -0.3 is 20.1 Å². The number of halogens is 1. The van der Waals surface area contributed by atoms with Crippen molar-refractivity contribution in [2.45, 2.75) is 62.7 Å². The Morgan fingerprint density at radius 1 is 1.33 bits per heavy atom. The number of aliphatic hydroxyl groups is 2. The number of ether oxygens (including phenoxy) is 1. The van der Waals surface area contributed by atoms with Gasteiger partial charge in [-0.2, -0.15) is 0 Å². The number of carboxylic acid groups (broad SMARTS) is 1. The van der Waals surface area contributed by atoms with Crippen LogP contribution in [0.25, 0.3) is 0 Å². The van der Waals surface area contributed by atoms with Crippen molar-refractivity contribution in [1.29, 1.82) is 0 Å². The molecule has 166 valence electrons. The van der Waals surface area contributed by atoms with Gasteiger partial charge in [-0.1, -0.05) is 48.6 Å². The van der Waals surface area contributed by atoms with Crippen molar-refractivity contribution in [3.05, 3.63) is 59.7 Å². The van der Waals surface area contributed by atoms with Crippen molar-refractivity contribution in [2.75, 3.05) is 7.11 Å². The average molecular weight is 437 g/mol. The highest BCUT2D eigenvalue weighted by molar-refractivity contribution is 6.21. The number of alkyl halides is 1. The normalized spacial score (nSPS) is 25.3. The minimum Gasteiger partial charge on any atom is -0.481 e. The Balaban J connectivity index is 1.89. The van der Waals surface area contributed by atoms with Gasteiger partial charge >= 0.3 is 5.97 Å². The van der Waals surface area contributed by atoms with Gasteiger partial charge in [0.15, 0.2) is 0 Å². The zero-order valence-electron chi connectivity index (χ0n) is 17.5. The predicted molar refractivity (Wildman–Crippen MR) is 118 cm³/mol. The molecule has 5 atom stereocenters. The summed E-state index contributed by atoms with van der Waals surface area (Å²) in [4.78, 5) is 10.5. The Bertz CT molecular complexity index is 717. The molecule has 1 aliphatic carbocycles. The molecule has 3 N–H and O–H groups in total. The third-order valence-electron chi connectivity index (χ3n) is 5.51. The zero-order valence-corrected chi connectivity index (χ0v) is 18.2. The number of unbranched alkanes of at least 4 members (excludes halogenated alkanes) is 1. The average Bonchev–Trinajstić information content (AvgIpc) is 2.95. The summed E-state index contributed by atoms with van der Waals surface area (Å²) in [5.74, 6) is -0.797. The van der Waals surface area contributed by atoms with Crippen LogP contribution in [0.3, 0.4) is 0 Å². The summed E-state index contributed by atoms with van der Waals surface area (Å²) >= 11 is 6.46. The maximum Gasteiger partial charge on any atom is 0.303 e. The highest BCUT2D eigenvalue weighted by Gasteiger charge is 2.39. The summed E-state index contributed by atoms with van der Waals surface area (Å²) in [5, 5.41) is 29.4. The van der Waals surface area contributed by atoms with Gasteiger partial charge in [0.2, 0.25) is 0 Å². The molecule has 2 rings (SSSR count). The van der Waals surface area contributed by atoms with E-state index >= 15 is 0 Å². The lowest BCUT2D eigenvalue weighted by Gasteiger charge is -2.19. The molecule has 0 aromatic heterocycles. The smallest absolute Gasteiger partial charge is 0.303 e. The van der Waals surface area contributed by atoms with E-state index in [-0.39, 0.29) is 23.6 Å². The van der Waals surface area contributed by atoms with Crippen molar-refractivity contribution in [3.8, 4) is 0 Å². The second-order valence-corrected chi connectivity index (χ2v) is 8.52. The Labute approximate surface area is 184 Å². The molecule has 1 saturated carbocycles. The molecular weight excluding hydrogens is 404 g/mol. The standard InChI is InChI=1S/C24H33ClO5/c1-30-16-18-8-6-7-17(13-18)14-19(26)11-12-21-20(22(25)15-23(21)27)9-4-2-3-5-10-24(28)29/h2,4,6-8,11-13,19-23,26-27H,3,5,9-10,14-16H2,1H3,(H,28,29)/b4-2-,12-11+/t19-,20+,21+,22+,23+/m0/s1. The Morgan fingerprint density at radius 3 is 2.83 bits per heavy atom. The number of aliphatic hydroxyl groups excluding tert-OH is 2. The quantitative estimate of drug-likeness (QED) is 0.261. The summed E-state index contributed by atoms with van der Waals surface area (Å²) in [6.45, 7) is 0.538. The van der Waals surface area contributed by atoms with Crippen LogP contribution in [-0.4, -0.2) is 46.0 Å². The molecule has 0 saturated heterocycles. The molecular formula is C24H33ClO5. The van der Waals surface area contributed by atoms with E-state index < -0.39 is 18.2 Å². The third-order valence-corrected chi connectivity index (χ3v) is 6.01. The van der Waals surface area contributed by atoms with E-state index in [4.69, 9.17) is 21.4 Å². The maximum atomic E-state index is 10.5. The molecule has 1 fully saturated rings. The molecule has 30 heavy (non-hydrogen) atoms. The van der Waals surface area contributed by atoms with E-state index in [1.165, 1.54) is 0 Å². The van der Waals surface area contributed by atoms with Gasteiger partial charge in [-0.3, -0.25) is 4.79 Å². The molecule has 1 aromatic carbocycles. The van der Waals surface area contributed by atoms with Crippen molar-refractivity contribution in [1.82, 2.24) is 0 Å². The molecule has 6 heteroatoms. The molecule has 0 bridgehead atoms. The molecule has 0 amide bonds. The van der Waals surface area contributed by atoms with E-state index in [1.54, 1.807) is 13.2 Å². The molecule has 0 heterocycles. The number of aliphatic carboxylic acids is 1. The fourth-order valence-electron chi connectivity index (χ4n) is 3.99. The highest BCUT2D eigenvalue weighted by atomic mass is 35.5. The Kier molecular flexibility index (Phi) is 10.6. The molecule has 0 radical (unpaired) electrons. The summed E-state index contributed by atoms with van der Waals surface area (Å²) in [6, 6.07) is 7.95. The molecule has 0 spiro atoms. The fourth-order valence-corrected chi connectivity index (χ4v) is 4.44. The highest BCUT2D eigenvalue weighted by Crippen LogP contribution is 2.39. The van der Waals surface area contributed by atoms with E-state index in [0.29, 0.717) is 25.9 Å². The van der Waals surface area contributed by atoms with E-state index in [2.05, 4.69) is 0 Å². The predicted octanol–water partition coefficient (Wildman–Crippen LogP) is 4.10. The lowest BCUT2D eigenvalue weighted by molar-refractivity contribution is -0.137. The minimum atomic E-state index is -0.780. The summed E-state index contributed by atoms with van der Waals surface area (Å²) < 4.78 is 5.15. The van der Waals surface area contributed by atoms with E-state index in [9.17, 15) is 15.0 Å². The molecule has 0 aliphatic heterocycles. The zero-order chi connectivity index (χ0) is 21.9. The van der Waals surface area contributed by atoms with Gasteiger partial charge in [0.1, 0.15) is 0 Å². The van der Waals surface area contributed by atoms with Crippen LogP contribution < -0.4 is 0 Å². The van der Waals surface area contributed by atoms with Crippen LogP contribution in [0.5, 0.6) is 0 Å². The van der Waals surface area contributed by atoms with Crippen LogP contribution in [0, 0.1) is 11.8 Å². The number of carboxylic acids is 1. The van der Waals surface area contributed by atoms with Gasteiger partial charge in [0, 0.05) is 31.2 Å². The third kappa shape index (κ3) is 8.23. The number of rotatable bonds is 12. The van der Waals surface area contributed by atoms with Crippen LogP contribution in [0.15, 0.2) is 48.6 Å². The van der Waals surface area contributed by atoms with Gasteiger partial charge in [-0.05, 0) is 42.7 Å². The number of carbonyl (C=O) groups is 1. The molecule has 1 aromatic rings. The van der Waals surface area contributed by atoms with Crippen molar-refractivity contribution in [3.63, 3.8) is 0 Å². The van der Waals surface area contributed by atoms with Gasteiger partial charge in [-0.25, -0.2) is 0 Å². The van der Waals surface area contributed by atoms with Crippen molar-refractivity contribution < 1.29 is 24.9 Å². The Hall–Kier alpha value is -1.66. The van der Waals surface area contributed by atoms with Gasteiger partial charge in [-0.15, -0.1) is 11.6 Å². The molecule has 0 unspecified atom stereocenters. The second-order valence-electron chi connectivity index (χ2n) is 7.96. The SMILES string of the molecule is COCc1cccc(C[C@@H](O)/C=C/[C@@H]2[C@@H](C/C=C\CCCC(=O)O)[C@H](Cl)C[C@H]2O)c1. The number of hydrogen-bond donors (Lipinski definition) is 3. The van der Waals surface area contributed by atoms with Gasteiger partial charge in [0.25, 0.3) is 0 Å². The first-order chi connectivity index (χ1) is 14.4. The van der Waals surface area contributed by atoms with Crippen LogP contribution in [0.1, 0.15) is 43.2 Å². The van der Waals surface area contributed by atoms with E-state index in [1.807, 2.05) is 42.5 Å². The Morgan fingerprint density at radius 2 is 2.10 bits per heavy atom. The van der Waals surface area contributed by atoms with Crippen LogP contribution in [0.2, 0.25) is 0 Å². The first kappa shape index (κ1) is 24.6. The van der Waals surface area contributed by atoms with Crippen LogP contribution >= 0.6 is 11.6 Å². The minimum absolute atomic E-state index is 0.0888. The topological polar surface area (TPSA) is 87.0 Å². The maximum absolute atomic E-state index is 10.5. The fraction of sp³-hybridized carbons (Fsp3) is 0.542. The number of methoxy groups -OCH3 is 1. The van der Waals surface area contributed by atoms with E-state index in [0.717, 1.165) is 24.0 Å². The first-order valence-corrected chi connectivity index (χ1v) is 11.0. The van der Waals surface area contributed by atoms with Crippen LogP contribution in [0.4, 0.5) is 0 Å². The summed E-state index contributed by atoms with van der Waals surface area (Å²) in [5.41, 5.74) is 2.10. The second kappa shape index (κ2) is 12.9. The largest absolute Gasteiger partial charge is 0.481 e. The monoisotopic (exact) mass is 436 g/mol. The molecule has 1 aliphatic rings. The number of benzene rings is 1. The summed E-state index contributed by atoms with van der Waals surface area (Å²) in [7, 11) is 1.66. The lowest BCUT2D eigenvalue weighted by Crippen LogP contribution is -2.19.